The number of rotatable bonds is 9. The minimum Gasteiger partial charge on any atom is -0.379 e. The molecule has 1 amide bonds. The predicted molar refractivity (Wildman–Crippen MR) is 119 cm³/mol. The Hall–Kier alpha value is -0.610. The molecule has 0 aromatic carbocycles. The maximum absolute atomic E-state index is 12.6. The number of hydrogen-bond acceptors (Lipinski definition) is 4. The van der Waals surface area contributed by atoms with Gasteiger partial charge in [0.2, 0.25) is 5.91 Å². The Bertz CT molecular complexity index is 462. The number of hydrogen-bond donors (Lipinski definition) is 2. The molecule has 2 fully saturated rings. The Morgan fingerprint density at radius 3 is 2.59 bits per heavy atom. The van der Waals surface area contributed by atoms with Crippen molar-refractivity contribution in [2.45, 2.75) is 51.0 Å². The second-order valence-electron chi connectivity index (χ2n) is 7.60. The number of guanidine groups is 1. The zero-order chi connectivity index (χ0) is 18.8. The highest BCUT2D eigenvalue weighted by Crippen LogP contribution is 2.38. The lowest BCUT2D eigenvalue weighted by Gasteiger charge is -2.31. The van der Waals surface area contributed by atoms with Gasteiger partial charge in [0.15, 0.2) is 5.96 Å². The number of ether oxygens (including phenoxy) is 2. The predicted octanol–water partition coefficient (Wildman–Crippen LogP) is 2.00. The Kier molecular flexibility index (Phi) is 11.6. The normalized spacial score (nSPS) is 21.6. The quantitative estimate of drug-likeness (QED) is 0.221. The van der Waals surface area contributed by atoms with Crippen molar-refractivity contribution in [3.05, 3.63) is 0 Å². The third-order valence-corrected chi connectivity index (χ3v) is 5.32. The molecule has 7 nitrogen and oxygen atoms in total. The summed E-state index contributed by atoms with van der Waals surface area (Å²) in [5.41, 5.74) is -0.286. The van der Waals surface area contributed by atoms with Crippen LogP contribution in [0.1, 0.15) is 44.9 Å². The molecule has 0 aromatic rings. The van der Waals surface area contributed by atoms with Gasteiger partial charge in [-0.1, -0.05) is 12.8 Å². The number of nitrogens with zero attached hydrogens (tertiary/aromatic N) is 2. The van der Waals surface area contributed by atoms with Crippen LogP contribution in [0.3, 0.4) is 0 Å². The molecule has 2 rings (SSSR count). The first-order chi connectivity index (χ1) is 12.6. The molecule has 1 heterocycles. The molecule has 1 saturated carbocycles. The van der Waals surface area contributed by atoms with E-state index in [1.165, 1.54) is 0 Å². The maximum Gasteiger partial charge on any atom is 0.230 e. The van der Waals surface area contributed by atoms with Gasteiger partial charge in [0.1, 0.15) is 0 Å². The second-order valence-corrected chi connectivity index (χ2v) is 7.60. The molecule has 1 saturated heterocycles. The smallest absolute Gasteiger partial charge is 0.230 e. The molecule has 158 valence electrons. The molecule has 2 aliphatic rings. The third kappa shape index (κ3) is 7.73. The van der Waals surface area contributed by atoms with Gasteiger partial charge >= 0.3 is 0 Å². The van der Waals surface area contributed by atoms with Gasteiger partial charge in [-0.25, -0.2) is 0 Å². The second kappa shape index (κ2) is 12.8. The van der Waals surface area contributed by atoms with Crippen molar-refractivity contribution in [3.63, 3.8) is 0 Å². The van der Waals surface area contributed by atoms with Crippen LogP contribution in [0, 0.1) is 5.41 Å². The van der Waals surface area contributed by atoms with Gasteiger partial charge in [-0.05, 0) is 32.1 Å². The van der Waals surface area contributed by atoms with Crippen molar-refractivity contribution in [3.8, 4) is 0 Å². The zero-order valence-corrected chi connectivity index (χ0v) is 19.4. The maximum atomic E-state index is 12.6. The van der Waals surface area contributed by atoms with Crippen LogP contribution in [-0.2, 0) is 14.3 Å². The van der Waals surface area contributed by atoms with Crippen LogP contribution in [0.4, 0.5) is 0 Å². The summed E-state index contributed by atoms with van der Waals surface area (Å²) in [4.78, 5) is 18.6. The van der Waals surface area contributed by atoms with Gasteiger partial charge < -0.3 is 25.0 Å². The van der Waals surface area contributed by atoms with Gasteiger partial charge in [-0.2, -0.15) is 0 Å². The lowest BCUT2D eigenvalue weighted by atomic mass is 9.84. The fraction of sp³-hybridized carbons (Fsp3) is 0.895. The summed E-state index contributed by atoms with van der Waals surface area (Å²) < 4.78 is 11.2. The van der Waals surface area contributed by atoms with Crippen LogP contribution in [0.15, 0.2) is 4.99 Å². The number of halogens is 1. The van der Waals surface area contributed by atoms with Gasteiger partial charge in [-0.15, -0.1) is 24.0 Å². The summed E-state index contributed by atoms with van der Waals surface area (Å²) >= 11 is 0. The molecule has 2 N–H and O–H groups in total. The number of aliphatic imine (C=N–C) groups is 1. The lowest BCUT2D eigenvalue weighted by Crippen LogP contribution is -2.49. The highest BCUT2D eigenvalue weighted by atomic mass is 127. The number of amides is 1. The van der Waals surface area contributed by atoms with Gasteiger partial charge in [-0.3, -0.25) is 9.79 Å². The summed E-state index contributed by atoms with van der Waals surface area (Å²) in [6.07, 6.45) is 7.60. The van der Waals surface area contributed by atoms with E-state index in [1.807, 2.05) is 14.1 Å². The Labute approximate surface area is 181 Å². The Morgan fingerprint density at radius 1 is 1.26 bits per heavy atom. The minimum atomic E-state index is -0.286. The summed E-state index contributed by atoms with van der Waals surface area (Å²) in [5.74, 6) is 0.974. The van der Waals surface area contributed by atoms with E-state index >= 15 is 0 Å². The number of carbonyl (C=O) groups excluding carboxylic acids is 1. The van der Waals surface area contributed by atoms with E-state index < -0.39 is 0 Å². The molecule has 1 atom stereocenters. The van der Waals surface area contributed by atoms with E-state index in [1.54, 1.807) is 11.9 Å². The standard InChI is InChI=1S/C19H36N4O3.HI/c1-20-18(21-11-7-12-25-14-16-8-6-13-26-16)22-15-19(9-4-5-10-19)17(24)23(2)3;/h16H,4-15H2,1-3H3,(H2,20,21,22);1H. The van der Waals surface area contributed by atoms with E-state index in [0.29, 0.717) is 19.8 Å². The van der Waals surface area contributed by atoms with Gasteiger partial charge in [0.05, 0.1) is 18.1 Å². The topological polar surface area (TPSA) is 75.2 Å². The van der Waals surface area contributed by atoms with Crippen LogP contribution < -0.4 is 10.6 Å². The fourth-order valence-electron chi connectivity index (χ4n) is 3.84. The van der Waals surface area contributed by atoms with Crippen LogP contribution >= 0.6 is 24.0 Å². The van der Waals surface area contributed by atoms with Crippen molar-refractivity contribution in [2.75, 3.05) is 54.1 Å². The Morgan fingerprint density at radius 2 is 2.00 bits per heavy atom. The highest BCUT2D eigenvalue weighted by molar-refractivity contribution is 14.0. The van der Waals surface area contributed by atoms with Crippen LogP contribution in [-0.4, -0.2) is 76.9 Å². The Balaban J connectivity index is 0.00000364. The van der Waals surface area contributed by atoms with E-state index in [2.05, 4.69) is 15.6 Å². The van der Waals surface area contributed by atoms with Crippen molar-refractivity contribution in [2.24, 2.45) is 10.4 Å². The average molecular weight is 496 g/mol. The van der Waals surface area contributed by atoms with Gasteiger partial charge in [0, 0.05) is 47.4 Å². The first-order valence-corrected chi connectivity index (χ1v) is 9.93. The summed E-state index contributed by atoms with van der Waals surface area (Å²) in [7, 11) is 5.44. The monoisotopic (exact) mass is 496 g/mol. The number of nitrogens with one attached hydrogen (secondary N) is 2. The molecule has 1 unspecified atom stereocenters. The minimum absolute atomic E-state index is 0. The first kappa shape index (κ1) is 24.4. The summed E-state index contributed by atoms with van der Waals surface area (Å²) in [5, 5.41) is 6.66. The van der Waals surface area contributed by atoms with Crippen LogP contribution in [0.2, 0.25) is 0 Å². The third-order valence-electron chi connectivity index (χ3n) is 5.32. The molecule has 0 aromatic heterocycles. The summed E-state index contributed by atoms with van der Waals surface area (Å²) in [6, 6.07) is 0. The lowest BCUT2D eigenvalue weighted by molar-refractivity contribution is -0.138. The van der Waals surface area contributed by atoms with Crippen molar-refractivity contribution < 1.29 is 14.3 Å². The van der Waals surface area contributed by atoms with E-state index in [4.69, 9.17) is 9.47 Å². The SMILES string of the molecule is CN=C(NCCCOCC1CCCO1)NCC1(C(=O)N(C)C)CCCC1.I. The van der Waals surface area contributed by atoms with E-state index in [-0.39, 0.29) is 41.4 Å². The molecule has 0 bridgehead atoms. The molecule has 0 spiro atoms. The van der Waals surface area contributed by atoms with Crippen molar-refractivity contribution in [1.82, 2.24) is 15.5 Å². The molecular formula is C19H37IN4O3. The average Bonchev–Trinajstić information content (AvgIpc) is 3.32. The molecule has 8 heteroatoms. The molecule has 0 radical (unpaired) electrons. The summed E-state index contributed by atoms with van der Waals surface area (Å²) in [6.45, 7) is 3.71. The molecule has 27 heavy (non-hydrogen) atoms. The first-order valence-electron chi connectivity index (χ1n) is 9.93. The number of carbonyl (C=O) groups is 1. The van der Waals surface area contributed by atoms with Crippen molar-refractivity contribution >= 4 is 35.8 Å². The molecule has 1 aliphatic heterocycles. The van der Waals surface area contributed by atoms with Crippen molar-refractivity contribution in [1.29, 1.82) is 0 Å². The van der Waals surface area contributed by atoms with Crippen LogP contribution in [0.25, 0.3) is 0 Å². The molecular weight excluding hydrogens is 459 g/mol. The largest absolute Gasteiger partial charge is 0.379 e. The molecule has 1 aliphatic carbocycles. The van der Waals surface area contributed by atoms with Gasteiger partial charge in [0.25, 0.3) is 0 Å². The van der Waals surface area contributed by atoms with E-state index in [0.717, 1.165) is 64.1 Å². The van der Waals surface area contributed by atoms with Crippen LogP contribution in [0.5, 0.6) is 0 Å². The highest BCUT2D eigenvalue weighted by Gasteiger charge is 2.42. The zero-order valence-electron chi connectivity index (χ0n) is 17.1. The van der Waals surface area contributed by atoms with E-state index in [9.17, 15) is 4.79 Å². The fourth-order valence-corrected chi connectivity index (χ4v) is 3.84.